The average molecular weight is 392 g/mol. The van der Waals surface area contributed by atoms with E-state index in [1.54, 1.807) is 30.5 Å². The molecule has 8 heteroatoms. The summed E-state index contributed by atoms with van der Waals surface area (Å²) in [5, 5.41) is 1.95. The van der Waals surface area contributed by atoms with Crippen molar-refractivity contribution in [1.82, 2.24) is 9.71 Å². The van der Waals surface area contributed by atoms with Crippen LogP contribution in [-0.4, -0.2) is 20.0 Å². The largest absolute Gasteiger partial charge is 0.491 e. The fraction of sp³-hybridized carbons (Fsp3) is 0.167. The van der Waals surface area contributed by atoms with Crippen LogP contribution in [0.4, 0.5) is 4.39 Å². The molecule has 26 heavy (non-hydrogen) atoms. The highest BCUT2D eigenvalue weighted by atomic mass is 32.2. The number of halogens is 1. The molecule has 3 aromatic rings. The molecule has 0 atom stereocenters. The van der Waals surface area contributed by atoms with Gasteiger partial charge in [-0.25, -0.2) is 17.5 Å². The van der Waals surface area contributed by atoms with Crippen LogP contribution < -0.4 is 9.46 Å². The van der Waals surface area contributed by atoms with Gasteiger partial charge < -0.3 is 4.74 Å². The zero-order valence-electron chi connectivity index (χ0n) is 14.0. The van der Waals surface area contributed by atoms with Crippen LogP contribution in [0, 0.1) is 5.82 Å². The number of pyridine rings is 1. The van der Waals surface area contributed by atoms with Crippen molar-refractivity contribution in [3.8, 4) is 16.3 Å². The molecule has 0 saturated carbocycles. The molecule has 0 radical (unpaired) electrons. The minimum Gasteiger partial charge on any atom is -0.491 e. The van der Waals surface area contributed by atoms with Crippen LogP contribution in [-0.2, 0) is 16.6 Å². The summed E-state index contributed by atoms with van der Waals surface area (Å²) in [6.45, 7) is 2.11. The van der Waals surface area contributed by atoms with Gasteiger partial charge in [0.25, 0.3) is 0 Å². The topological polar surface area (TPSA) is 68.3 Å². The Morgan fingerprint density at radius 1 is 1.23 bits per heavy atom. The quantitative estimate of drug-likeness (QED) is 0.664. The van der Waals surface area contributed by atoms with Crippen molar-refractivity contribution >= 4 is 21.4 Å². The Labute approximate surface area is 155 Å². The Balaban J connectivity index is 1.74. The third-order valence-corrected chi connectivity index (χ3v) is 5.87. The lowest BCUT2D eigenvalue weighted by molar-refractivity contribution is 0.321. The van der Waals surface area contributed by atoms with Gasteiger partial charge in [-0.1, -0.05) is 6.07 Å². The normalized spacial score (nSPS) is 11.5. The first kappa shape index (κ1) is 18.5. The summed E-state index contributed by atoms with van der Waals surface area (Å²) in [6, 6.07) is 11.0. The molecule has 136 valence electrons. The van der Waals surface area contributed by atoms with Crippen LogP contribution in [0.2, 0.25) is 0 Å². The zero-order chi connectivity index (χ0) is 18.6. The lowest BCUT2D eigenvalue weighted by Crippen LogP contribution is -2.23. The molecule has 0 aliphatic rings. The van der Waals surface area contributed by atoms with Crippen LogP contribution in [0.25, 0.3) is 10.6 Å². The number of sulfonamides is 1. The van der Waals surface area contributed by atoms with Crippen molar-refractivity contribution in [2.45, 2.75) is 18.4 Å². The van der Waals surface area contributed by atoms with Gasteiger partial charge in [-0.05, 0) is 54.3 Å². The molecule has 0 aliphatic heterocycles. The predicted molar refractivity (Wildman–Crippen MR) is 99.1 cm³/mol. The molecule has 0 unspecified atom stereocenters. The van der Waals surface area contributed by atoms with Crippen molar-refractivity contribution in [2.75, 3.05) is 6.61 Å². The van der Waals surface area contributed by atoms with Gasteiger partial charge in [-0.3, -0.25) is 4.98 Å². The molecule has 0 spiro atoms. The Bertz CT molecular complexity index is 989. The maximum Gasteiger partial charge on any atom is 0.240 e. The SMILES string of the molecule is CCOc1ccc(S(=O)(=O)NCc2ccnc(-c3cccs3)c2)cc1F. The van der Waals surface area contributed by atoms with E-state index in [2.05, 4.69) is 9.71 Å². The summed E-state index contributed by atoms with van der Waals surface area (Å²) in [4.78, 5) is 5.15. The summed E-state index contributed by atoms with van der Waals surface area (Å²) in [5.74, 6) is -0.681. The number of rotatable bonds is 7. The molecule has 1 N–H and O–H groups in total. The fourth-order valence-electron chi connectivity index (χ4n) is 2.33. The van der Waals surface area contributed by atoms with Gasteiger partial charge in [0, 0.05) is 12.7 Å². The number of hydrogen-bond donors (Lipinski definition) is 1. The third-order valence-electron chi connectivity index (χ3n) is 3.58. The van der Waals surface area contributed by atoms with E-state index >= 15 is 0 Å². The van der Waals surface area contributed by atoms with Crippen LogP contribution in [0.15, 0.2) is 58.9 Å². The molecule has 0 saturated heterocycles. The first-order chi connectivity index (χ1) is 12.5. The molecule has 5 nitrogen and oxygen atoms in total. The van der Waals surface area contributed by atoms with Crippen LogP contribution in [0.3, 0.4) is 0 Å². The van der Waals surface area contributed by atoms with Crippen molar-refractivity contribution in [3.63, 3.8) is 0 Å². The molecular weight excluding hydrogens is 375 g/mol. The van der Waals surface area contributed by atoms with Crippen molar-refractivity contribution in [2.24, 2.45) is 0 Å². The predicted octanol–water partition coefficient (Wildman–Crippen LogP) is 3.83. The van der Waals surface area contributed by atoms with Gasteiger partial charge in [0.2, 0.25) is 10.0 Å². The Morgan fingerprint density at radius 2 is 2.08 bits per heavy atom. The first-order valence-corrected chi connectivity index (χ1v) is 10.3. The molecule has 0 aliphatic carbocycles. The summed E-state index contributed by atoms with van der Waals surface area (Å²) < 4.78 is 46.3. The molecule has 0 amide bonds. The number of aromatic nitrogens is 1. The summed E-state index contributed by atoms with van der Waals surface area (Å²) >= 11 is 1.56. The molecule has 0 bridgehead atoms. The molecule has 2 heterocycles. The average Bonchev–Trinajstić information content (AvgIpc) is 3.17. The van der Waals surface area contributed by atoms with E-state index in [-0.39, 0.29) is 17.2 Å². The Kier molecular flexibility index (Phi) is 5.65. The number of thiophene rings is 1. The summed E-state index contributed by atoms with van der Waals surface area (Å²) in [5.41, 5.74) is 1.54. The van der Waals surface area contributed by atoms with Gasteiger partial charge >= 0.3 is 0 Å². The minimum atomic E-state index is -3.84. The van der Waals surface area contributed by atoms with Crippen LogP contribution >= 0.6 is 11.3 Å². The van der Waals surface area contributed by atoms with E-state index in [1.165, 1.54) is 12.1 Å². The number of ether oxygens (including phenoxy) is 1. The lowest BCUT2D eigenvalue weighted by Gasteiger charge is -2.09. The van der Waals surface area contributed by atoms with Gasteiger partial charge in [0.15, 0.2) is 11.6 Å². The molecule has 3 rings (SSSR count). The third kappa shape index (κ3) is 4.27. The van der Waals surface area contributed by atoms with Gasteiger partial charge in [-0.15, -0.1) is 11.3 Å². The smallest absolute Gasteiger partial charge is 0.240 e. The molecular formula is C18H17FN2O3S2. The van der Waals surface area contributed by atoms with E-state index in [1.807, 2.05) is 23.6 Å². The maximum absolute atomic E-state index is 13.9. The Morgan fingerprint density at radius 3 is 2.77 bits per heavy atom. The first-order valence-electron chi connectivity index (χ1n) is 7.90. The van der Waals surface area contributed by atoms with E-state index in [4.69, 9.17) is 4.74 Å². The van der Waals surface area contributed by atoms with Gasteiger partial charge in [-0.2, -0.15) is 0 Å². The van der Waals surface area contributed by atoms with Crippen LogP contribution in [0.5, 0.6) is 5.75 Å². The van der Waals surface area contributed by atoms with E-state index in [0.717, 1.165) is 22.2 Å². The van der Waals surface area contributed by atoms with Crippen molar-refractivity contribution in [1.29, 1.82) is 0 Å². The number of hydrogen-bond acceptors (Lipinski definition) is 5. The maximum atomic E-state index is 13.9. The molecule has 0 fully saturated rings. The zero-order valence-corrected chi connectivity index (χ0v) is 15.6. The number of nitrogens with zero attached hydrogens (tertiary/aromatic N) is 1. The van der Waals surface area contributed by atoms with Crippen molar-refractivity contribution in [3.05, 3.63) is 65.4 Å². The Hall–Kier alpha value is -2.29. The van der Waals surface area contributed by atoms with Crippen molar-refractivity contribution < 1.29 is 17.5 Å². The molecule has 1 aromatic carbocycles. The van der Waals surface area contributed by atoms with Gasteiger partial charge in [0.1, 0.15) is 0 Å². The standard InChI is InChI=1S/C18H17FN2O3S2/c1-2-24-17-6-5-14(11-15(17)19)26(22,23)21-12-13-7-8-20-16(10-13)18-4-3-9-25-18/h3-11,21H,2,12H2,1H3. The minimum absolute atomic E-state index is 0.0289. The van der Waals surface area contributed by atoms with E-state index in [9.17, 15) is 12.8 Å². The van der Waals surface area contributed by atoms with E-state index in [0.29, 0.717) is 6.61 Å². The number of nitrogens with one attached hydrogen (secondary N) is 1. The lowest BCUT2D eigenvalue weighted by atomic mass is 10.2. The second-order valence-electron chi connectivity index (χ2n) is 5.38. The second-order valence-corrected chi connectivity index (χ2v) is 8.09. The highest BCUT2D eigenvalue weighted by Crippen LogP contribution is 2.24. The van der Waals surface area contributed by atoms with E-state index < -0.39 is 15.8 Å². The molecule has 2 aromatic heterocycles. The summed E-state index contributed by atoms with van der Waals surface area (Å²) in [6.07, 6.45) is 1.63. The number of benzene rings is 1. The highest BCUT2D eigenvalue weighted by Gasteiger charge is 2.17. The monoisotopic (exact) mass is 392 g/mol. The van der Waals surface area contributed by atoms with Gasteiger partial charge in [0.05, 0.1) is 22.1 Å². The fourth-order valence-corrected chi connectivity index (χ4v) is 4.05. The second kappa shape index (κ2) is 7.94. The van der Waals surface area contributed by atoms with Crippen LogP contribution in [0.1, 0.15) is 12.5 Å². The highest BCUT2D eigenvalue weighted by molar-refractivity contribution is 7.89. The summed E-state index contributed by atoms with van der Waals surface area (Å²) in [7, 11) is -3.84.